The van der Waals surface area contributed by atoms with Crippen LogP contribution in [0.4, 0.5) is 4.39 Å². The van der Waals surface area contributed by atoms with E-state index in [1.54, 1.807) is 6.07 Å². The molecule has 1 fully saturated rings. The Labute approximate surface area is 577 Å². The van der Waals surface area contributed by atoms with E-state index in [0.29, 0.717) is 43.7 Å². The maximum atomic E-state index is 13.8. The van der Waals surface area contributed by atoms with E-state index in [1.807, 2.05) is 146 Å². The summed E-state index contributed by atoms with van der Waals surface area (Å²) in [4.78, 5) is 25.2. The summed E-state index contributed by atoms with van der Waals surface area (Å²) < 4.78 is 26.0. The number of fused-ring (bicyclic) bond motifs is 1. The van der Waals surface area contributed by atoms with Gasteiger partial charge in [0.25, 0.3) is 0 Å². The van der Waals surface area contributed by atoms with Gasteiger partial charge in [-0.2, -0.15) is 0 Å². The molecule has 0 spiro atoms. The number of aliphatic hydroxyl groups excluding tert-OH is 1. The second kappa shape index (κ2) is 56.6. The average Bonchev–Trinajstić information content (AvgIpc) is 0.791. The van der Waals surface area contributed by atoms with Crippen molar-refractivity contribution in [2.75, 3.05) is 19.7 Å². The monoisotopic (exact) mass is 1310 g/mol. The molecular formula is C83H139ClFN3O5. The van der Waals surface area contributed by atoms with Gasteiger partial charge in [-0.25, -0.2) is 4.39 Å². The van der Waals surface area contributed by atoms with Gasteiger partial charge in [-0.1, -0.05) is 214 Å². The van der Waals surface area contributed by atoms with E-state index in [-0.39, 0.29) is 23.7 Å². The van der Waals surface area contributed by atoms with Crippen molar-refractivity contribution in [1.82, 2.24) is 15.5 Å². The molecule has 1 saturated heterocycles. The zero-order valence-electron chi connectivity index (χ0n) is 65.2. The van der Waals surface area contributed by atoms with E-state index >= 15 is 0 Å². The lowest BCUT2D eigenvalue weighted by Gasteiger charge is -2.28. The van der Waals surface area contributed by atoms with Gasteiger partial charge < -0.3 is 24.8 Å². The number of hydrogen-bond acceptors (Lipinski definition) is 7. The standard InChI is InChI=1S/C37H46ClFO3.C15H18N2O2.C10H21N.C6H12.C4H10.C3H8.4C2H6/c1-10-24(5)34(23(3)4)35-25(6)29(19-20-32(35)38)31(28(11-2)36(40)42-37(7,8)9)15-13-21-41-33-16-12-14-26-22-27(39)17-18-30(26)33;1-9-5-4-6-12(10(9)2)11(3)16-13-7-8-14(18)17-15(13)19;1-5-8-11(9-6-2)10(4)7-3;1-5(2)6(3)4;1-3-4-2;1-3-2;4*1-2/h10,12,14,16-20,22,36,40H,11,13,15,21H2,1-9H3;4-6,13,16H,3,7-8H2,1-2H3,(H,17,18,19);4-9H2,1-3H3;1-4H3;3-4H2,1-2H3;3H2,1-2H3;4*1-2H3/b24-10-,31-28+;;;;;;;;;. The molecule has 2 unspecified atom stereocenters. The van der Waals surface area contributed by atoms with Gasteiger partial charge in [0.15, 0.2) is 6.29 Å². The molecule has 4 aromatic rings. The summed E-state index contributed by atoms with van der Waals surface area (Å²) in [7, 11) is 0. The van der Waals surface area contributed by atoms with Gasteiger partial charge in [-0.05, 0) is 222 Å². The van der Waals surface area contributed by atoms with Crippen LogP contribution in [0.1, 0.15) is 291 Å². The third-order valence-electron chi connectivity index (χ3n) is 14.3. The Balaban J connectivity index is -0.000000414. The van der Waals surface area contributed by atoms with E-state index < -0.39 is 11.9 Å². The molecule has 0 saturated carbocycles. The molecule has 10 heteroatoms. The zero-order valence-corrected chi connectivity index (χ0v) is 65.9. The zero-order chi connectivity index (χ0) is 73.1. The minimum Gasteiger partial charge on any atom is -0.493 e. The van der Waals surface area contributed by atoms with Crippen LogP contribution in [-0.4, -0.2) is 59.5 Å². The van der Waals surface area contributed by atoms with Crippen LogP contribution in [0, 0.1) is 26.6 Å². The molecular weight excluding hydrogens is 1170 g/mol. The van der Waals surface area contributed by atoms with Crippen LogP contribution in [0.15, 0.2) is 120 Å². The van der Waals surface area contributed by atoms with Crippen molar-refractivity contribution in [1.29, 1.82) is 0 Å². The molecule has 530 valence electrons. The SMILES string of the molecule is C/C=C(/C)C(=C(C)C)c1c(Cl)ccc(/C(CCCOc2cccc3cc(F)ccc23)=C(\CC)C(O)OC(C)(C)C)c1C.C=C(CC)N(CCC)CCC.C=C(NC1CCC(=O)NC1=O)c1cccc(C)c1C.CC.CC.CC.CC.CC(C)=C(C)C.CCC.CCCC. The molecule has 0 radical (unpaired) electrons. The average molecular weight is 1310 g/mol. The lowest BCUT2D eigenvalue weighted by Crippen LogP contribution is -2.50. The summed E-state index contributed by atoms with van der Waals surface area (Å²) in [5.41, 5.74) is 16.2. The number of allylic oxidation sites excluding steroid dienone is 8. The van der Waals surface area contributed by atoms with Crippen LogP contribution in [-0.2, 0) is 14.3 Å². The van der Waals surface area contributed by atoms with E-state index in [9.17, 15) is 19.1 Å². The van der Waals surface area contributed by atoms with Crippen molar-refractivity contribution in [2.24, 2.45) is 0 Å². The molecule has 4 aromatic carbocycles. The summed E-state index contributed by atoms with van der Waals surface area (Å²) >= 11 is 6.87. The van der Waals surface area contributed by atoms with Crippen molar-refractivity contribution in [3.05, 3.63) is 164 Å². The predicted molar refractivity (Wildman–Crippen MR) is 414 cm³/mol. The Morgan fingerprint density at radius 3 is 1.73 bits per heavy atom. The number of carbonyl (C=O) groups is 2. The Hall–Kier alpha value is -5.74. The Kier molecular flexibility index (Phi) is 58.4. The number of aryl methyl sites for hydroxylation is 1. The number of halogens is 2. The van der Waals surface area contributed by atoms with E-state index in [4.69, 9.17) is 21.1 Å². The lowest BCUT2D eigenvalue weighted by molar-refractivity contribution is -0.144. The van der Waals surface area contributed by atoms with Crippen molar-refractivity contribution < 1.29 is 28.6 Å². The molecule has 2 atom stereocenters. The van der Waals surface area contributed by atoms with Gasteiger partial charge in [0, 0.05) is 52.4 Å². The van der Waals surface area contributed by atoms with Crippen LogP contribution in [0.25, 0.3) is 27.6 Å². The maximum absolute atomic E-state index is 13.8. The number of nitrogens with zero attached hydrogens (tertiary/aromatic N) is 1. The van der Waals surface area contributed by atoms with Crippen molar-refractivity contribution >= 4 is 51.0 Å². The first-order valence-corrected chi connectivity index (χ1v) is 35.8. The molecule has 0 aliphatic carbocycles. The number of rotatable bonds is 21. The fourth-order valence-corrected chi connectivity index (χ4v) is 9.18. The van der Waals surface area contributed by atoms with Crippen LogP contribution in [0.3, 0.4) is 0 Å². The quantitative estimate of drug-likeness (QED) is 0.0251. The Morgan fingerprint density at radius 1 is 0.742 bits per heavy atom. The van der Waals surface area contributed by atoms with Gasteiger partial charge in [0.05, 0.1) is 12.2 Å². The first-order valence-electron chi connectivity index (χ1n) is 35.4. The Bertz CT molecular complexity index is 2820. The largest absolute Gasteiger partial charge is 0.493 e. The number of amides is 2. The third-order valence-corrected chi connectivity index (χ3v) is 14.7. The van der Waals surface area contributed by atoms with Crippen LogP contribution < -0.4 is 15.4 Å². The molecule has 0 bridgehead atoms. The maximum Gasteiger partial charge on any atom is 0.249 e. The molecule has 1 aliphatic rings. The highest BCUT2D eigenvalue weighted by molar-refractivity contribution is 6.33. The molecule has 8 nitrogen and oxygen atoms in total. The lowest BCUT2D eigenvalue weighted by atomic mass is 9.84. The van der Waals surface area contributed by atoms with Gasteiger partial charge in [-0.3, -0.25) is 14.9 Å². The van der Waals surface area contributed by atoms with E-state index in [1.165, 1.54) is 85.3 Å². The minimum atomic E-state index is -1.04. The minimum absolute atomic E-state index is 0.208. The van der Waals surface area contributed by atoms with Gasteiger partial charge in [0.1, 0.15) is 17.6 Å². The normalized spacial score (nSPS) is 12.5. The summed E-state index contributed by atoms with van der Waals surface area (Å²) in [5.74, 6) is -0.0240. The van der Waals surface area contributed by atoms with Gasteiger partial charge in [0.2, 0.25) is 11.8 Å². The van der Waals surface area contributed by atoms with Crippen LogP contribution in [0.5, 0.6) is 5.75 Å². The van der Waals surface area contributed by atoms with Crippen molar-refractivity contribution in [3.8, 4) is 5.75 Å². The summed E-state index contributed by atoms with van der Waals surface area (Å²) in [5, 5.41) is 19.1. The third kappa shape index (κ3) is 38.4. The van der Waals surface area contributed by atoms with Gasteiger partial charge >= 0.3 is 0 Å². The molecule has 1 aliphatic heterocycles. The fraction of sp³-hybridized carbons (Fsp3) is 0.566. The summed E-state index contributed by atoms with van der Waals surface area (Å²) in [6.45, 7) is 73.0. The van der Waals surface area contributed by atoms with E-state index in [2.05, 4.69) is 145 Å². The van der Waals surface area contributed by atoms with Crippen molar-refractivity contribution in [3.63, 3.8) is 0 Å². The van der Waals surface area contributed by atoms with Crippen LogP contribution >= 0.6 is 11.6 Å². The first-order chi connectivity index (χ1) is 44.0. The number of aliphatic hydroxyl groups is 1. The molecule has 93 heavy (non-hydrogen) atoms. The number of benzene rings is 4. The highest BCUT2D eigenvalue weighted by Gasteiger charge is 2.28. The molecule has 2 amide bonds. The van der Waals surface area contributed by atoms with Crippen LogP contribution in [0.2, 0.25) is 5.02 Å². The first kappa shape index (κ1) is 96.0. The second-order valence-corrected chi connectivity index (χ2v) is 23.9. The topological polar surface area (TPSA) is 100 Å². The molecule has 5 rings (SSSR count). The number of unbranched alkanes of at least 4 members (excludes halogenated alkanes) is 1. The highest BCUT2D eigenvalue weighted by atomic mass is 35.5. The number of hydrogen-bond donors (Lipinski definition) is 3. The summed E-state index contributed by atoms with van der Waals surface area (Å²) in [6.07, 6.45) is 11.4. The summed E-state index contributed by atoms with van der Waals surface area (Å²) in [6, 6.07) is 20.0. The fourth-order valence-electron chi connectivity index (χ4n) is 8.88. The smallest absolute Gasteiger partial charge is 0.249 e. The number of carbonyl (C=O) groups excluding carboxylic acids is 2. The number of imide groups is 1. The highest BCUT2D eigenvalue weighted by Crippen LogP contribution is 2.40. The number of ether oxygens (including phenoxy) is 2. The number of nitrogens with one attached hydrogen (secondary N) is 2. The number of piperidine rings is 1. The molecule has 0 aromatic heterocycles. The predicted octanol–water partition coefficient (Wildman–Crippen LogP) is 25.2. The second-order valence-electron chi connectivity index (χ2n) is 23.4. The molecule has 3 N–H and O–H groups in total. The molecule has 1 heterocycles. The van der Waals surface area contributed by atoms with Gasteiger partial charge in [-0.15, -0.1) is 0 Å². The van der Waals surface area contributed by atoms with Crippen molar-refractivity contribution in [2.45, 2.75) is 296 Å². The van der Waals surface area contributed by atoms with E-state index in [0.717, 1.165) is 78.7 Å². The Morgan fingerprint density at radius 2 is 1.28 bits per heavy atom.